The van der Waals surface area contributed by atoms with Crippen LogP contribution >= 0.6 is 0 Å². The van der Waals surface area contributed by atoms with E-state index < -0.39 is 15.5 Å². The van der Waals surface area contributed by atoms with E-state index >= 15 is 0 Å². The van der Waals surface area contributed by atoms with E-state index in [0.717, 1.165) is 0 Å². The minimum atomic E-state index is -4.64. The molecular formula is C10H11FN2O3S. The molecule has 0 aliphatic carbocycles. The molecule has 7 heteroatoms. The maximum atomic E-state index is 12.8. The molecule has 0 radical (unpaired) electrons. The van der Waals surface area contributed by atoms with Crippen molar-refractivity contribution in [1.82, 2.24) is 9.88 Å². The fraction of sp³-hybridized carbons (Fsp3) is 0.400. The monoisotopic (exact) mass is 258 g/mol. The van der Waals surface area contributed by atoms with Crippen molar-refractivity contribution in [3.63, 3.8) is 0 Å². The lowest BCUT2D eigenvalue weighted by atomic mass is 10.3. The van der Waals surface area contributed by atoms with Gasteiger partial charge in [-0.1, -0.05) is 6.07 Å². The second-order valence-electron chi connectivity index (χ2n) is 3.90. The first kappa shape index (κ1) is 12.0. The average Bonchev–Trinajstić information content (AvgIpc) is 2.62. The molecule has 0 N–H and O–H groups in total. The average molecular weight is 258 g/mol. The molecule has 17 heavy (non-hydrogen) atoms. The highest BCUT2D eigenvalue weighted by atomic mass is 32.3. The van der Waals surface area contributed by atoms with Crippen LogP contribution in [0, 0.1) is 0 Å². The Morgan fingerprint density at radius 1 is 1.47 bits per heavy atom. The van der Waals surface area contributed by atoms with Crippen LogP contribution in [0.5, 0.6) is 0 Å². The summed E-state index contributed by atoms with van der Waals surface area (Å²) >= 11 is 0. The van der Waals surface area contributed by atoms with Crippen LogP contribution in [-0.4, -0.2) is 36.0 Å². The molecule has 0 aromatic carbocycles. The summed E-state index contributed by atoms with van der Waals surface area (Å²) in [5, 5.41) is -1.24. The fourth-order valence-corrected chi connectivity index (χ4v) is 2.46. The van der Waals surface area contributed by atoms with E-state index in [1.807, 2.05) is 0 Å². The summed E-state index contributed by atoms with van der Waals surface area (Å²) in [4.78, 5) is 16.8. The number of carbonyl (C=O) groups is 1. The summed E-state index contributed by atoms with van der Waals surface area (Å²) < 4.78 is 34.2. The van der Waals surface area contributed by atoms with Gasteiger partial charge in [-0.2, -0.15) is 8.42 Å². The van der Waals surface area contributed by atoms with Crippen LogP contribution < -0.4 is 0 Å². The minimum Gasteiger partial charge on any atom is -0.335 e. The number of carbonyl (C=O) groups excluding carboxylic acids is 1. The highest BCUT2D eigenvalue weighted by molar-refractivity contribution is 7.87. The van der Waals surface area contributed by atoms with Gasteiger partial charge in [-0.25, -0.2) is 0 Å². The summed E-state index contributed by atoms with van der Waals surface area (Å²) in [5.74, 6) is -0.359. The molecule has 1 amide bonds. The highest BCUT2D eigenvalue weighted by Gasteiger charge is 2.38. The van der Waals surface area contributed by atoms with E-state index in [1.54, 1.807) is 24.4 Å². The lowest BCUT2D eigenvalue weighted by Crippen LogP contribution is -2.27. The number of pyridine rings is 1. The van der Waals surface area contributed by atoms with E-state index in [1.165, 1.54) is 4.90 Å². The molecule has 2 rings (SSSR count). The molecule has 0 bridgehead atoms. The van der Waals surface area contributed by atoms with Crippen molar-refractivity contribution < 1.29 is 17.1 Å². The van der Waals surface area contributed by atoms with Gasteiger partial charge in [0.2, 0.25) is 5.91 Å². The van der Waals surface area contributed by atoms with Crippen LogP contribution in [-0.2, 0) is 21.6 Å². The van der Waals surface area contributed by atoms with Gasteiger partial charge in [-0.05, 0) is 12.1 Å². The Morgan fingerprint density at radius 3 is 2.76 bits per heavy atom. The van der Waals surface area contributed by atoms with Crippen LogP contribution in [0.2, 0.25) is 0 Å². The summed E-state index contributed by atoms with van der Waals surface area (Å²) in [5.41, 5.74) is 0.651. The first-order chi connectivity index (χ1) is 7.97. The first-order valence-corrected chi connectivity index (χ1v) is 6.52. The van der Waals surface area contributed by atoms with E-state index in [-0.39, 0.29) is 25.4 Å². The molecule has 1 aliphatic heterocycles. The molecule has 1 unspecified atom stereocenters. The molecule has 0 saturated carbocycles. The number of halogens is 1. The Labute approximate surface area is 98.5 Å². The van der Waals surface area contributed by atoms with E-state index in [4.69, 9.17) is 0 Å². The smallest absolute Gasteiger partial charge is 0.307 e. The topological polar surface area (TPSA) is 67.3 Å². The Balaban J connectivity index is 2.07. The first-order valence-electron chi connectivity index (χ1n) is 5.08. The van der Waals surface area contributed by atoms with Gasteiger partial charge >= 0.3 is 10.2 Å². The quantitative estimate of drug-likeness (QED) is 0.740. The second kappa shape index (κ2) is 4.40. The molecule has 1 saturated heterocycles. The van der Waals surface area contributed by atoms with Gasteiger partial charge in [0.1, 0.15) is 5.25 Å². The highest BCUT2D eigenvalue weighted by Crippen LogP contribution is 2.20. The predicted molar refractivity (Wildman–Crippen MR) is 58.1 cm³/mol. The van der Waals surface area contributed by atoms with Crippen LogP contribution in [0.15, 0.2) is 24.4 Å². The lowest BCUT2D eigenvalue weighted by Gasteiger charge is -2.14. The third-order valence-corrected chi connectivity index (χ3v) is 3.77. The largest absolute Gasteiger partial charge is 0.335 e. The zero-order valence-corrected chi connectivity index (χ0v) is 9.73. The van der Waals surface area contributed by atoms with Crippen molar-refractivity contribution >= 4 is 16.1 Å². The third kappa shape index (κ3) is 2.79. The maximum absolute atomic E-state index is 12.8. The van der Waals surface area contributed by atoms with Crippen molar-refractivity contribution in [2.45, 2.75) is 18.2 Å². The van der Waals surface area contributed by atoms with Crippen molar-refractivity contribution in [2.75, 3.05) is 6.54 Å². The van der Waals surface area contributed by atoms with Gasteiger partial charge in [-0.3, -0.25) is 9.78 Å². The fourth-order valence-electron chi connectivity index (χ4n) is 1.76. The Bertz CT molecular complexity index is 518. The van der Waals surface area contributed by atoms with E-state index in [2.05, 4.69) is 4.98 Å². The Hall–Kier alpha value is -1.50. The number of hydrogen-bond donors (Lipinski definition) is 0. The Kier molecular flexibility index (Phi) is 3.10. The van der Waals surface area contributed by atoms with Gasteiger partial charge in [0.15, 0.2) is 0 Å². The number of amides is 1. The molecule has 92 valence electrons. The van der Waals surface area contributed by atoms with Gasteiger partial charge in [-0.15, -0.1) is 3.89 Å². The van der Waals surface area contributed by atoms with Gasteiger partial charge in [0.05, 0.1) is 12.2 Å². The summed E-state index contributed by atoms with van der Waals surface area (Å²) in [6, 6.07) is 5.24. The van der Waals surface area contributed by atoms with Gasteiger partial charge in [0.25, 0.3) is 0 Å². The molecule has 1 aliphatic rings. The molecule has 1 fully saturated rings. The lowest BCUT2D eigenvalue weighted by molar-refractivity contribution is -0.128. The standard InChI is InChI=1S/C10H11FN2O3S/c11-17(15,16)9-5-10(14)13(7-9)6-8-3-1-2-4-12-8/h1-4,9H,5-7H2. The maximum Gasteiger partial charge on any atom is 0.307 e. The van der Waals surface area contributed by atoms with E-state index in [9.17, 15) is 17.1 Å². The molecule has 1 aromatic rings. The number of rotatable bonds is 3. The van der Waals surface area contributed by atoms with Crippen molar-refractivity contribution in [2.24, 2.45) is 0 Å². The molecule has 5 nitrogen and oxygen atoms in total. The van der Waals surface area contributed by atoms with E-state index in [0.29, 0.717) is 5.69 Å². The molecule has 1 aromatic heterocycles. The summed E-state index contributed by atoms with van der Waals surface area (Å²) in [6.45, 7) is 0.111. The van der Waals surface area contributed by atoms with Gasteiger partial charge < -0.3 is 4.90 Å². The molecular weight excluding hydrogens is 247 g/mol. The summed E-state index contributed by atoms with van der Waals surface area (Å²) in [7, 11) is -4.64. The van der Waals surface area contributed by atoms with Crippen molar-refractivity contribution in [3.8, 4) is 0 Å². The minimum absolute atomic E-state index is 0.103. The molecule has 1 atom stereocenters. The predicted octanol–water partition coefficient (Wildman–Crippen LogP) is 0.482. The normalized spacial score (nSPS) is 20.9. The zero-order chi connectivity index (χ0) is 12.5. The van der Waals surface area contributed by atoms with Crippen LogP contribution in [0.25, 0.3) is 0 Å². The molecule has 0 spiro atoms. The van der Waals surface area contributed by atoms with Crippen molar-refractivity contribution in [1.29, 1.82) is 0 Å². The Morgan fingerprint density at radius 2 is 2.24 bits per heavy atom. The van der Waals surface area contributed by atoms with Gasteiger partial charge in [0, 0.05) is 19.2 Å². The van der Waals surface area contributed by atoms with Crippen molar-refractivity contribution in [3.05, 3.63) is 30.1 Å². The summed E-state index contributed by atoms with van der Waals surface area (Å²) in [6.07, 6.45) is 1.30. The number of aromatic nitrogens is 1. The zero-order valence-electron chi connectivity index (χ0n) is 8.91. The third-order valence-electron chi connectivity index (χ3n) is 2.66. The number of likely N-dealkylation sites (tertiary alicyclic amines) is 1. The second-order valence-corrected chi connectivity index (χ2v) is 5.51. The van der Waals surface area contributed by atoms with Crippen LogP contribution in [0.4, 0.5) is 3.89 Å². The SMILES string of the molecule is O=C1CC(S(=O)(=O)F)CN1Cc1ccccn1. The molecule has 2 heterocycles. The number of hydrogen-bond acceptors (Lipinski definition) is 4. The van der Waals surface area contributed by atoms with Crippen LogP contribution in [0.1, 0.15) is 12.1 Å². The number of nitrogens with zero attached hydrogens (tertiary/aromatic N) is 2. The van der Waals surface area contributed by atoms with Crippen LogP contribution in [0.3, 0.4) is 0 Å².